The minimum Gasteiger partial charge on any atom is -0.277 e. The molecule has 8 nitrogen and oxygen atoms in total. The van der Waals surface area contributed by atoms with Gasteiger partial charge in [-0.15, -0.1) is 0 Å². The zero-order valence-corrected chi connectivity index (χ0v) is 23.1. The smallest absolute Gasteiger partial charge is 0.274 e. The normalized spacial score (nSPS) is 16.9. The summed E-state index contributed by atoms with van der Waals surface area (Å²) in [6, 6.07) is 7.20. The molecule has 1 aliphatic rings. The number of pyridine rings is 2. The molecular formula is C28H22ClF2N5O3S. The van der Waals surface area contributed by atoms with Gasteiger partial charge in [-0.2, -0.15) is 5.10 Å². The maximum absolute atomic E-state index is 16.1. The Balaban J connectivity index is 1.45. The fraction of sp³-hybridized carbons (Fsp3) is 0.214. The molecule has 1 fully saturated rings. The zero-order chi connectivity index (χ0) is 28.5. The number of hydrogen-bond donors (Lipinski definition) is 0. The maximum Gasteiger partial charge on any atom is 0.274 e. The molecule has 1 saturated carbocycles. The Kier molecular flexibility index (Phi) is 6.11. The number of fused-ring (bicyclic) bond motifs is 1. The quantitative estimate of drug-likeness (QED) is 0.284. The van der Waals surface area contributed by atoms with Crippen molar-refractivity contribution in [1.29, 1.82) is 0 Å². The topological polar surface area (TPSA) is 99.2 Å². The van der Waals surface area contributed by atoms with E-state index in [-0.39, 0.29) is 28.1 Å². The largest absolute Gasteiger partial charge is 0.277 e. The van der Waals surface area contributed by atoms with E-state index in [1.165, 1.54) is 18.3 Å². The number of nitrogens with zero attached hydrogens (tertiary/aromatic N) is 5. The maximum atomic E-state index is 16.1. The van der Waals surface area contributed by atoms with Gasteiger partial charge < -0.3 is 0 Å². The number of rotatable bonds is 5. The molecule has 12 heteroatoms. The summed E-state index contributed by atoms with van der Waals surface area (Å²) in [5.74, 6) is -2.04. The van der Waals surface area contributed by atoms with Crippen LogP contribution >= 0.6 is 11.6 Å². The van der Waals surface area contributed by atoms with Gasteiger partial charge in [0, 0.05) is 41.7 Å². The minimum absolute atomic E-state index is 0.0321. The first-order chi connectivity index (χ1) is 19.0. The monoisotopic (exact) mass is 581 g/mol. The molecular weight excluding hydrogens is 560 g/mol. The van der Waals surface area contributed by atoms with Gasteiger partial charge >= 0.3 is 0 Å². The highest BCUT2D eigenvalue weighted by Gasteiger charge is 2.43. The summed E-state index contributed by atoms with van der Waals surface area (Å²) < 4.78 is 58.2. The molecule has 5 aromatic rings. The molecule has 0 amide bonds. The van der Waals surface area contributed by atoms with E-state index < -0.39 is 37.6 Å². The van der Waals surface area contributed by atoms with Crippen LogP contribution in [0.25, 0.3) is 22.6 Å². The third-order valence-corrected chi connectivity index (χ3v) is 8.77. The molecule has 4 aromatic heterocycles. The third-order valence-electron chi connectivity index (χ3n) is 7.28. The van der Waals surface area contributed by atoms with Crippen LogP contribution in [0.2, 0.25) is 5.02 Å². The average Bonchev–Trinajstić information content (AvgIpc) is 3.57. The second-order valence-corrected chi connectivity index (χ2v) is 12.3. The molecule has 204 valence electrons. The Hall–Kier alpha value is -3.96. The number of halogens is 3. The second kappa shape index (κ2) is 9.31. The van der Waals surface area contributed by atoms with Gasteiger partial charge in [0.1, 0.15) is 15.6 Å². The van der Waals surface area contributed by atoms with Crippen molar-refractivity contribution < 1.29 is 17.2 Å². The van der Waals surface area contributed by atoms with Crippen LogP contribution in [0.15, 0.2) is 64.8 Å². The molecule has 6 rings (SSSR count). The summed E-state index contributed by atoms with van der Waals surface area (Å²) in [4.78, 5) is 21.5. The van der Waals surface area contributed by atoms with Gasteiger partial charge in [-0.1, -0.05) is 17.7 Å². The molecule has 0 spiro atoms. The highest BCUT2D eigenvalue weighted by Crippen LogP contribution is 2.56. The molecule has 0 bridgehead atoms. The minimum atomic E-state index is -3.91. The molecule has 2 atom stereocenters. The highest BCUT2D eigenvalue weighted by molar-refractivity contribution is 7.90. The van der Waals surface area contributed by atoms with Gasteiger partial charge in [-0.3, -0.25) is 14.3 Å². The molecule has 0 aliphatic heterocycles. The van der Waals surface area contributed by atoms with Crippen LogP contribution in [-0.2, 0) is 9.84 Å². The van der Waals surface area contributed by atoms with E-state index in [4.69, 9.17) is 11.6 Å². The van der Waals surface area contributed by atoms with E-state index in [0.717, 1.165) is 34.5 Å². The summed E-state index contributed by atoms with van der Waals surface area (Å²) in [6.07, 6.45) is 8.20. The highest BCUT2D eigenvalue weighted by atomic mass is 35.5. The summed E-state index contributed by atoms with van der Waals surface area (Å²) in [5, 5.41) is 4.31. The standard InChI is InChI=1S/C28H22ClF2N5O3S/c1-14-12-33-25(16-6-4-7-21(23(16)30)40(3,38)39)24(31)26(14)36-15(2)10-19(22(29)28(36)37)17-11-18(17)20-13-34-35-9-5-8-32-27(20)35/h4-10,12-13,17-18H,11H2,1-3H3/t17-,18?/m1/s1. The van der Waals surface area contributed by atoms with Gasteiger partial charge in [0.2, 0.25) is 0 Å². The van der Waals surface area contributed by atoms with E-state index in [1.54, 1.807) is 42.9 Å². The lowest BCUT2D eigenvalue weighted by Gasteiger charge is -2.18. The van der Waals surface area contributed by atoms with Crippen LogP contribution < -0.4 is 5.56 Å². The van der Waals surface area contributed by atoms with Crippen LogP contribution in [0.3, 0.4) is 0 Å². The van der Waals surface area contributed by atoms with Crippen molar-refractivity contribution in [2.45, 2.75) is 37.0 Å². The van der Waals surface area contributed by atoms with E-state index in [0.29, 0.717) is 16.8 Å². The average molecular weight is 582 g/mol. The van der Waals surface area contributed by atoms with Crippen molar-refractivity contribution in [3.05, 3.63) is 105 Å². The Morgan fingerprint density at radius 2 is 1.77 bits per heavy atom. The van der Waals surface area contributed by atoms with Crippen molar-refractivity contribution in [1.82, 2.24) is 24.1 Å². The number of sulfone groups is 1. The fourth-order valence-corrected chi connectivity index (χ4v) is 6.32. The second-order valence-electron chi connectivity index (χ2n) is 9.97. The first-order valence-electron chi connectivity index (χ1n) is 12.3. The van der Waals surface area contributed by atoms with Gasteiger partial charge in [0.05, 0.1) is 11.9 Å². The molecule has 1 aliphatic carbocycles. The van der Waals surface area contributed by atoms with Crippen LogP contribution in [0.1, 0.15) is 40.6 Å². The molecule has 0 N–H and O–H groups in total. The summed E-state index contributed by atoms with van der Waals surface area (Å²) in [5.41, 5.74) is 1.59. The lowest BCUT2D eigenvalue weighted by molar-refractivity contribution is 0.569. The Bertz CT molecular complexity index is 2020. The molecule has 4 heterocycles. The molecule has 40 heavy (non-hydrogen) atoms. The van der Waals surface area contributed by atoms with Crippen molar-refractivity contribution in [3.63, 3.8) is 0 Å². The van der Waals surface area contributed by atoms with Crippen LogP contribution in [0.4, 0.5) is 8.78 Å². The Morgan fingerprint density at radius 1 is 1.02 bits per heavy atom. The molecule has 1 aromatic carbocycles. The number of aryl methyl sites for hydroxylation is 2. The van der Waals surface area contributed by atoms with Crippen molar-refractivity contribution in [2.24, 2.45) is 0 Å². The summed E-state index contributed by atoms with van der Waals surface area (Å²) >= 11 is 6.62. The van der Waals surface area contributed by atoms with Crippen LogP contribution in [0.5, 0.6) is 0 Å². The van der Waals surface area contributed by atoms with Crippen LogP contribution in [-0.4, -0.2) is 38.8 Å². The Morgan fingerprint density at radius 3 is 2.52 bits per heavy atom. The van der Waals surface area contributed by atoms with E-state index >= 15 is 8.78 Å². The van der Waals surface area contributed by atoms with Crippen molar-refractivity contribution in [2.75, 3.05) is 6.26 Å². The lowest BCUT2D eigenvalue weighted by atomic mass is 10.0. The first-order valence-corrected chi connectivity index (χ1v) is 14.6. The molecule has 1 unspecified atom stereocenters. The molecule has 0 radical (unpaired) electrons. The van der Waals surface area contributed by atoms with E-state index in [9.17, 15) is 13.2 Å². The summed E-state index contributed by atoms with van der Waals surface area (Å²) in [6.45, 7) is 3.24. The molecule has 0 saturated heterocycles. The van der Waals surface area contributed by atoms with Crippen LogP contribution in [0, 0.1) is 25.5 Å². The fourth-order valence-electron chi connectivity index (χ4n) is 5.28. The zero-order valence-electron chi connectivity index (χ0n) is 21.6. The SMILES string of the molecule is Cc1cnc(-c2cccc(S(C)(=O)=O)c2F)c(F)c1-n1c(C)cc([C@@H]2CC2c2cnn3cccnc23)c(Cl)c1=O. The van der Waals surface area contributed by atoms with Gasteiger partial charge in [0.15, 0.2) is 27.1 Å². The predicted molar refractivity (Wildman–Crippen MR) is 146 cm³/mol. The van der Waals surface area contributed by atoms with Crippen molar-refractivity contribution >= 4 is 27.1 Å². The number of hydrogen-bond acceptors (Lipinski definition) is 6. The van der Waals surface area contributed by atoms with Gasteiger partial charge in [-0.25, -0.2) is 26.7 Å². The third kappa shape index (κ3) is 4.11. The van der Waals surface area contributed by atoms with E-state index in [2.05, 4.69) is 15.1 Å². The lowest BCUT2D eigenvalue weighted by Crippen LogP contribution is -2.24. The van der Waals surface area contributed by atoms with E-state index in [1.807, 2.05) is 6.20 Å². The number of aromatic nitrogens is 5. The number of benzene rings is 1. The predicted octanol–water partition coefficient (Wildman–Crippen LogP) is 5.17. The van der Waals surface area contributed by atoms with Gasteiger partial charge in [-0.05, 0) is 67.5 Å². The van der Waals surface area contributed by atoms with Crippen molar-refractivity contribution in [3.8, 4) is 16.9 Å². The first kappa shape index (κ1) is 26.3. The summed E-state index contributed by atoms with van der Waals surface area (Å²) in [7, 11) is -3.91. The Labute approximate surface area is 232 Å². The van der Waals surface area contributed by atoms with Gasteiger partial charge in [0.25, 0.3) is 5.56 Å².